The molecule has 14 heteroatoms. The van der Waals surface area contributed by atoms with E-state index in [1.165, 1.54) is 29.2 Å². The lowest BCUT2D eigenvalue weighted by Crippen LogP contribution is -2.49. The number of nitrogens with two attached hydrogens (primary N) is 1. The summed E-state index contributed by atoms with van der Waals surface area (Å²) >= 11 is 0. The monoisotopic (exact) mass is 628 g/mol. The molecule has 1 saturated heterocycles. The first kappa shape index (κ1) is 32.6. The molecule has 10 nitrogen and oxygen atoms in total. The maximum absolute atomic E-state index is 13.4. The zero-order valence-electron chi connectivity index (χ0n) is 24.1. The van der Waals surface area contributed by atoms with Crippen molar-refractivity contribution in [2.24, 2.45) is 17.6 Å². The number of amides is 3. The number of hydrogen-bond acceptors (Lipinski definition) is 7. The lowest BCUT2D eigenvalue weighted by Gasteiger charge is -2.28. The molecule has 1 aromatic rings. The number of unbranched alkanes of at least 4 members (excludes halogenated alkanes) is 3. The van der Waals surface area contributed by atoms with Gasteiger partial charge in [-0.2, -0.15) is 0 Å². The van der Waals surface area contributed by atoms with Crippen LogP contribution in [0.3, 0.4) is 0 Å². The summed E-state index contributed by atoms with van der Waals surface area (Å²) < 4.78 is 68.0. The van der Waals surface area contributed by atoms with Gasteiger partial charge in [-0.15, -0.1) is 13.2 Å². The minimum Gasteiger partial charge on any atom is -0.406 e. The van der Waals surface area contributed by atoms with E-state index in [-0.39, 0.29) is 23.4 Å². The van der Waals surface area contributed by atoms with Gasteiger partial charge in [-0.05, 0) is 76.3 Å². The number of carbonyl (C=O) groups excluding carboxylic acids is 3. The van der Waals surface area contributed by atoms with Crippen LogP contribution in [-0.4, -0.2) is 60.8 Å². The van der Waals surface area contributed by atoms with E-state index in [1.807, 2.05) is 12.2 Å². The van der Waals surface area contributed by atoms with Crippen LogP contribution in [0.5, 0.6) is 5.75 Å². The largest absolute Gasteiger partial charge is 0.573 e. The SMILES string of the molecule is CC1(S(=O)(=O)NC(=O)[C@H]2C[C@H]2/C=C\CCCCC[C@H](Nc2cccc(OC(F)(F)F)c2)C(=O)N2CCC[C@H]2C(N)=O)CC1. The van der Waals surface area contributed by atoms with Crippen LogP contribution >= 0.6 is 0 Å². The van der Waals surface area contributed by atoms with Crippen molar-refractivity contribution in [2.75, 3.05) is 11.9 Å². The Morgan fingerprint density at radius 1 is 1.21 bits per heavy atom. The second-order valence-corrected chi connectivity index (χ2v) is 14.1. The first-order chi connectivity index (χ1) is 20.2. The van der Waals surface area contributed by atoms with Gasteiger partial charge in [0.1, 0.15) is 17.8 Å². The molecule has 3 amide bonds. The summed E-state index contributed by atoms with van der Waals surface area (Å²) in [5.41, 5.74) is 5.77. The molecule has 1 aromatic carbocycles. The molecule has 2 aliphatic carbocycles. The van der Waals surface area contributed by atoms with E-state index in [2.05, 4.69) is 14.8 Å². The summed E-state index contributed by atoms with van der Waals surface area (Å²) in [5, 5.41) is 3.03. The Balaban J connectivity index is 1.25. The number of anilines is 1. The van der Waals surface area contributed by atoms with Gasteiger partial charge in [0.25, 0.3) is 0 Å². The number of benzene rings is 1. The van der Waals surface area contributed by atoms with Crippen molar-refractivity contribution < 1.29 is 40.7 Å². The standard InChI is InChI=1S/C29H39F3N4O6S/c1-28(14-15-28)43(40,41)35-26(38)22-17-19(22)9-5-3-2-4-6-12-23(27(39)36-16-8-13-24(36)25(33)37)34-20-10-7-11-21(18-20)42-29(30,31)32/h5,7,9-11,18-19,22-24,34H,2-4,6,8,12-17H2,1H3,(H2,33,37)(H,35,38)/b9-5-/t19-,22+,23+,24+/m1/s1. The average Bonchev–Trinajstić information content (AvgIpc) is 3.81. The quantitative estimate of drug-likeness (QED) is 0.197. The third-order valence-corrected chi connectivity index (χ3v) is 10.5. The van der Waals surface area contributed by atoms with Crippen LogP contribution in [0.15, 0.2) is 36.4 Å². The van der Waals surface area contributed by atoms with E-state index in [9.17, 15) is 36.0 Å². The van der Waals surface area contributed by atoms with Crippen LogP contribution in [0.4, 0.5) is 18.9 Å². The molecule has 4 N–H and O–H groups in total. The summed E-state index contributed by atoms with van der Waals surface area (Å²) in [4.78, 5) is 39.1. The van der Waals surface area contributed by atoms with Gasteiger partial charge in [-0.3, -0.25) is 19.1 Å². The Labute approximate surface area is 249 Å². The number of alkyl halides is 3. The topological polar surface area (TPSA) is 148 Å². The van der Waals surface area contributed by atoms with Crippen molar-refractivity contribution in [1.82, 2.24) is 9.62 Å². The van der Waals surface area contributed by atoms with Crippen LogP contribution in [0.25, 0.3) is 0 Å². The van der Waals surface area contributed by atoms with Crippen molar-refractivity contribution in [1.29, 1.82) is 0 Å². The highest BCUT2D eigenvalue weighted by Gasteiger charge is 2.52. The molecule has 0 unspecified atom stereocenters. The predicted molar refractivity (Wildman–Crippen MR) is 153 cm³/mol. The van der Waals surface area contributed by atoms with Gasteiger partial charge in [-0.25, -0.2) is 8.42 Å². The predicted octanol–water partition coefficient (Wildman–Crippen LogP) is 3.98. The second-order valence-electron chi connectivity index (χ2n) is 11.9. The molecule has 1 heterocycles. The molecule has 3 fully saturated rings. The number of sulfonamides is 1. The first-order valence-corrected chi connectivity index (χ1v) is 16.1. The molecule has 3 aliphatic rings. The Bertz CT molecular complexity index is 1330. The summed E-state index contributed by atoms with van der Waals surface area (Å²) in [6.07, 6.45) is 5.21. The summed E-state index contributed by atoms with van der Waals surface area (Å²) in [6.45, 7) is 2.01. The Morgan fingerprint density at radius 2 is 1.95 bits per heavy atom. The highest BCUT2D eigenvalue weighted by Crippen LogP contribution is 2.44. The Hall–Kier alpha value is -3.29. The highest BCUT2D eigenvalue weighted by atomic mass is 32.2. The number of carbonyl (C=O) groups is 3. The van der Waals surface area contributed by atoms with E-state index >= 15 is 0 Å². The van der Waals surface area contributed by atoms with Crippen molar-refractivity contribution in [3.8, 4) is 5.75 Å². The fraction of sp³-hybridized carbons (Fsp3) is 0.621. The van der Waals surface area contributed by atoms with Crippen molar-refractivity contribution in [2.45, 2.75) is 94.3 Å². The zero-order chi connectivity index (χ0) is 31.4. The number of primary amides is 1. The van der Waals surface area contributed by atoms with E-state index < -0.39 is 50.8 Å². The Kier molecular flexibility index (Phi) is 9.97. The average molecular weight is 629 g/mol. The maximum Gasteiger partial charge on any atom is 0.573 e. The molecular formula is C29H39F3N4O6S. The number of nitrogens with zero attached hydrogens (tertiary/aromatic N) is 1. The first-order valence-electron chi connectivity index (χ1n) is 14.6. The lowest BCUT2D eigenvalue weighted by molar-refractivity contribution is -0.274. The zero-order valence-corrected chi connectivity index (χ0v) is 24.9. The van der Waals surface area contributed by atoms with Gasteiger partial charge in [-0.1, -0.05) is 31.1 Å². The maximum atomic E-state index is 13.4. The molecule has 43 heavy (non-hydrogen) atoms. The molecule has 1 aliphatic heterocycles. The molecule has 2 saturated carbocycles. The fourth-order valence-corrected chi connectivity index (χ4v) is 6.63. The second kappa shape index (κ2) is 13.1. The number of halogens is 3. The number of nitrogens with one attached hydrogen (secondary N) is 2. The van der Waals surface area contributed by atoms with Gasteiger partial charge < -0.3 is 20.7 Å². The summed E-state index contributed by atoms with van der Waals surface area (Å²) in [6, 6.07) is 3.76. The van der Waals surface area contributed by atoms with Gasteiger partial charge in [0.15, 0.2) is 0 Å². The fourth-order valence-electron chi connectivity index (χ4n) is 5.33. The van der Waals surface area contributed by atoms with Gasteiger partial charge >= 0.3 is 6.36 Å². The van der Waals surface area contributed by atoms with E-state index in [4.69, 9.17) is 5.73 Å². The molecule has 0 radical (unpaired) electrons. The highest BCUT2D eigenvalue weighted by molar-refractivity contribution is 7.91. The van der Waals surface area contributed by atoms with Crippen molar-refractivity contribution in [3.63, 3.8) is 0 Å². The summed E-state index contributed by atoms with van der Waals surface area (Å²) in [7, 11) is -3.64. The number of likely N-dealkylation sites (tertiary alicyclic amines) is 1. The van der Waals surface area contributed by atoms with Crippen LogP contribution in [0.1, 0.15) is 71.1 Å². The Morgan fingerprint density at radius 3 is 2.63 bits per heavy atom. The minimum absolute atomic E-state index is 0.0177. The number of ether oxygens (including phenoxy) is 1. The molecule has 4 rings (SSSR count). The van der Waals surface area contributed by atoms with Gasteiger partial charge in [0, 0.05) is 24.2 Å². The third kappa shape index (κ3) is 8.87. The molecule has 0 aromatic heterocycles. The molecule has 0 bridgehead atoms. The third-order valence-electron chi connectivity index (χ3n) is 8.33. The number of hydrogen-bond donors (Lipinski definition) is 3. The van der Waals surface area contributed by atoms with Crippen LogP contribution in [0, 0.1) is 11.8 Å². The van der Waals surface area contributed by atoms with E-state index in [0.717, 1.165) is 19.3 Å². The molecule has 238 valence electrons. The molecular weight excluding hydrogens is 589 g/mol. The van der Waals surface area contributed by atoms with Gasteiger partial charge in [0.2, 0.25) is 27.7 Å². The van der Waals surface area contributed by atoms with Crippen LogP contribution in [-0.2, 0) is 24.4 Å². The number of rotatable bonds is 15. The minimum atomic E-state index is -4.85. The van der Waals surface area contributed by atoms with Crippen molar-refractivity contribution >= 4 is 33.4 Å². The lowest BCUT2D eigenvalue weighted by atomic mass is 10.0. The van der Waals surface area contributed by atoms with Crippen LogP contribution < -0.4 is 20.5 Å². The van der Waals surface area contributed by atoms with E-state index in [1.54, 1.807) is 6.92 Å². The normalized spacial score (nSPS) is 23.5. The van der Waals surface area contributed by atoms with Gasteiger partial charge in [0.05, 0.1) is 4.75 Å². The smallest absolute Gasteiger partial charge is 0.406 e. The molecule has 0 spiro atoms. The summed E-state index contributed by atoms with van der Waals surface area (Å²) in [5.74, 6) is -2.10. The van der Waals surface area contributed by atoms with Crippen LogP contribution in [0.2, 0.25) is 0 Å². The number of allylic oxidation sites excluding steroid dienone is 2. The van der Waals surface area contributed by atoms with E-state index in [0.29, 0.717) is 51.5 Å². The van der Waals surface area contributed by atoms with Crippen molar-refractivity contribution in [3.05, 3.63) is 36.4 Å². The molecule has 4 atom stereocenters.